The second-order valence-electron chi connectivity index (χ2n) is 7.80. The van der Waals surface area contributed by atoms with Crippen molar-refractivity contribution in [2.24, 2.45) is 5.92 Å². The topological polar surface area (TPSA) is 66.1 Å². The van der Waals surface area contributed by atoms with Gasteiger partial charge in [-0.15, -0.1) is 0 Å². The highest BCUT2D eigenvalue weighted by atomic mass is 19.1. The first-order chi connectivity index (χ1) is 14.5. The van der Waals surface area contributed by atoms with Crippen molar-refractivity contribution in [3.63, 3.8) is 0 Å². The first-order valence-electron chi connectivity index (χ1n) is 10.2. The molecule has 0 radical (unpaired) electrons. The van der Waals surface area contributed by atoms with Gasteiger partial charge in [-0.1, -0.05) is 30.3 Å². The summed E-state index contributed by atoms with van der Waals surface area (Å²) in [6.45, 7) is 0.566. The molecule has 0 saturated carbocycles. The van der Waals surface area contributed by atoms with Gasteiger partial charge in [0.25, 0.3) is 5.56 Å². The number of rotatable bonds is 4. The summed E-state index contributed by atoms with van der Waals surface area (Å²) in [4.78, 5) is 34.9. The van der Waals surface area contributed by atoms with Crippen LogP contribution in [0.3, 0.4) is 0 Å². The number of carbonyl (C=O) groups is 1. The van der Waals surface area contributed by atoms with Gasteiger partial charge in [-0.05, 0) is 55.5 Å². The van der Waals surface area contributed by atoms with Gasteiger partial charge in [-0.3, -0.25) is 9.59 Å². The molecule has 0 bridgehead atoms. The number of hydrogen-bond donors (Lipinski definition) is 1. The summed E-state index contributed by atoms with van der Waals surface area (Å²) < 4.78 is 13.2. The van der Waals surface area contributed by atoms with E-state index in [0.29, 0.717) is 49.2 Å². The summed E-state index contributed by atoms with van der Waals surface area (Å²) in [5, 5.41) is 0. The zero-order chi connectivity index (χ0) is 21.1. The van der Waals surface area contributed by atoms with Gasteiger partial charge in [0.15, 0.2) is 0 Å². The van der Waals surface area contributed by atoms with Gasteiger partial charge in [0, 0.05) is 30.6 Å². The first kappa shape index (κ1) is 20.0. The quantitative estimate of drug-likeness (QED) is 0.673. The van der Waals surface area contributed by atoms with Crippen LogP contribution < -0.4 is 5.56 Å². The van der Waals surface area contributed by atoms with Crippen molar-refractivity contribution in [3.05, 3.63) is 87.6 Å². The molecule has 4 rings (SSSR count). The first-order valence-corrected chi connectivity index (χ1v) is 10.2. The van der Waals surface area contributed by atoms with Crippen LogP contribution in [0.1, 0.15) is 29.7 Å². The summed E-state index contributed by atoms with van der Waals surface area (Å²) >= 11 is 0. The largest absolute Gasteiger partial charge is 0.341 e. The maximum absolute atomic E-state index is 13.2. The van der Waals surface area contributed by atoms with Crippen LogP contribution in [0.15, 0.2) is 59.4 Å². The lowest BCUT2D eigenvalue weighted by Gasteiger charge is -2.23. The number of carbonyl (C=O) groups excluding carboxylic acids is 1. The van der Waals surface area contributed by atoms with Crippen LogP contribution in [0.5, 0.6) is 0 Å². The van der Waals surface area contributed by atoms with E-state index in [1.165, 1.54) is 12.1 Å². The van der Waals surface area contributed by atoms with Crippen molar-refractivity contribution in [2.45, 2.75) is 32.2 Å². The molecule has 1 heterocycles. The Kier molecular flexibility index (Phi) is 5.74. The maximum Gasteiger partial charge on any atom is 0.254 e. The summed E-state index contributed by atoms with van der Waals surface area (Å²) in [6.07, 6.45) is 2.38. The molecule has 0 spiro atoms. The molecule has 2 aromatic carbocycles. The second kappa shape index (κ2) is 8.61. The second-order valence-corrected chi connectivity index (χ2v) is 7.80. The average Bonchev–Trinajstić information content (AvgIpc) is 2.97. The number of halogens is 1. The Labute approximate surface area is 174 Å². The zero-order valence-electron chi connectivity index (χ0n) is 16.9. The molecule has 1 N–H and O–H groups in total. The predicted octanol–water partition coefficient (Wildman–Crippen LogP) is 3.73. The highest BCUT2D eigenvalue weighted by Crippen LogP contribution is 2.25. The van der Waals surface area contributed by atoms with Crippen LogP contribution in [0.4, 0.5) is 4.39 Å². The van der Waals surface area contributed by atoms with E-state index in [0.717, 1.165) is 11.3 Å². The van der Waals surface area contributed by atoms with Crippen LogP contribution in [0, 0.1) is 11.7 Å². The fraction of sp³-hybridized carbons (Fsp3) is 0.292. The molecule has 0 saturated heterocycles. The molecule has 3 aromatic rings. The smallest absolute Gasteiger partial charge is 0.254 e. The van der Waals surface area contributed by atoms with Crippen LogP contribution in [-0.2, 0) is 24.2 Å². The monoisotopic (exact) mass is 405 g/mol. The molecule has 1 aliphatic rings. The average molecular weight is 405 g/mol. The molecule has 154 valence electrons. The third-order valence-electron chi connectivity index (χ3n) is 5.68. The highest BCUT2D eigenvalue weighted by Gasteiger charge is 2.27. The number of aromatic amines is 1. The Bertz CT molecular complexity index is 1090. The molecule has 1 atom stereocenters. The van der Waals surface area contributed by atoms with Crippen molar-refractivity contribution < 1.29 is 9.18 Å². The third-order valence-corrected chi connectivity index (χ3v) is 5.68. The third kappa shape index (κ3) is 4.32. The number of hydrogen-bond acceptors (Lipinski definition) is 3. The highest BCUT2D eigenvalue weighted by molar-refractivity contribution is 5.78. The lowest BCUT2D eigenvalue weighted by molar-refractivity contribution is -0.135. The SMILES string of the molecule is CN(Cc1ccccc1)C(=O)C1CCc2nc(-c3ccc(F)cc3)[nH]c(=O)c2CC1. The molecule has 1 amide bonds. The minimum absolute atomic E-state index is 0.0989. The van der Waals surface area contributed by atoms with E-state index in [4.69, 9.17) is 0 Å². The molecular formula is C24H24FN3O2. The number of nitrogens with one attached hydrogen (secondary N) is 1. The van der Waals surface area contributed by atoms with Gasteiger partial charge >= 0.3 is 0 Å². The van der Waals surface area contributed by atoms with Gasteiger partial charge in [-0.2, -0.15) is 0 Å². The number of fused-ring (bicyclic) bond motifs is 1. The molecular weight excluding hydrogens is 381 g/mol. The summed E-state index contributed by atoms with van der Waals surface area (Å²) in [6, 6.07) is 15.8. The number of aryl methyl sites for hydroxylation is 1. The Morgan fingerprint density at radius 1 is 1.10 bits per heavy atom. The number of aromatic nitrogens is 2. The van der Waals surface area contributed by atoms with Crippen molar-refractivity contribution >= 4 is 5.91 Å². The van der Waals surface area contributed by atoms with Crippen LogP contribution in [0.2, 0.25) is 0 Å². The molecule has 0 aliphatic heterocycles. The van der Waals surface area contributed by atoms with Crippen molar-refractivity contribution in [3.8, 4) is 11.4 Å². The van der Waals surface area contributed by atoms with E-state index in [2.05, 4.69) is 9.97 Å². The van der Waals surface area contributed by atoms with E-state index in [1.54, 1.807) is 17.0 Å². The normalized spacial score (nSPS) is 15.9. The van der Waals surface area contributed by atoms with E-state index in [-0.39, 0.29) is 23.2 Å². The Morgan fingerprint density at radius 2 is 1.80 bits per heavy atom. The van der Waals surface area contributed by atoms with E-state index in [9.17, 15) is 14.0 Å². The summed E-state index contributed by atoms with van der Waals surface area (Å²) in [5.74, 6) is 0.0602. The minimum atomic E-state index is -0.336. The molecule has 6 heteroatoms. The number of nitrogens with zero attached hydrogens (tertiary/aromatic N) is 2. The fourth-order valence-corrected chi connectivity index (χ4v) is 4.02. The standard InChI is InChI=1S/C24H24FN3O2/c1-28(15-16-5-3-2-4-6-16)24(30)18-9-13-20-21(14-10-18)26-22(27-23(20)29)17-7-11-19(25)12-8-17/h2-8,11-12,18H,9-10,13-15H2,1H3,(H,26,27,29). The predicted molar refractivity (Wildman–Crippen MR) is 113 cm³/mol. The number of H-pyrrole nitrogens is 1. The van der Waals surface area contributed by atoms with E-state index >= 15 is 0 Å². The number of benzene rings is 2. The lowest BCUT2D eigenvalue weighted by atomic mass is 9.98. The number of amides is 1. The molecule has 1 aliphatic carbocycles. The van der Waals surface area contributed by atoms with Gasteiger partial charge < -0.3 is 9.88 Å². The van der Waals surface area contributed by atoms with Crippen molar-refractivity contribution in [2.75, 3.05) is 7.05 Å². The molecule has 1 unspecified atom stereocenters. The minimum Gasteiger partial charge on any atom is -0.341 e. The molecule has 5 nitrogen and oxygen atoms in total. The zero-order valence-corrected chi connectivity index (χ0v) is 16.9. The molecule has 1 aromatic heterocycles. The van der Waals surface area contributed by atoms with Crippen LogP contribution in [0.25, 0.3) is 11.4 Å². The maximum atomic E-state index is 13.2. The lowest BCUT2D eigenvalue weighted by Crippen LogP contribution is -2.32. The Balaban J connectivity index is 1.50. The van der Waals surface area contributed by atoms with Crippen molar-refractivity contribution in [1.82, 2.24) is 14.9 Å². The molecule has 30 heavy (non-hydrogen) atoms. The van der Waals surface area contributed by atoms with Crippen LogP contribution >= 0.6 is 0 Å². The fourth-order valence-electron chi connectivity index (χ4n) is 4.02. The van der Waals surface area contributed by atoms with Gasteiger partial charge in [-0.25, -0.2) is 9.37 Å². The Hall–Kier alpha value is -3.28. The van der Waals surface area contributed by atoms with Crippen molar-refractivity contribution in [1.29, 1.82) is 0 Å². The van der Waals surface area contributed by atoms with Gasteiger partial charge in [0.2, 0.25) is 5.91 Å². The van der Waals surface area contributed by atoms with Gasteiger partial charge in [0.05, 0.1) is 5.69 Å². The Morgan fingerprint density at radius 3 is 2.53 bits per heavy atom. The molecule has 0 fully saturated rings. The summed E-state index contributed by atoms with van der Waals surface area (Å²) in [7, 11) is 1.82. The van der Waals surface area contributed by atoms with E-state index in [1.807, 2.05) is 37.4 Å². The van der Waals surface area contributed by atoms with E-state index < -0.39 is 0 Å². The van der Waals surface area contributed by atoms with Gasteiger partial charge in [0.1, 0.15) is 11.6 Å². The summed E-state index contributed by atoms with van der Waals surface area (Å²) in [5.41, 5.74) is 2.97. The van der Waals surface area contributed by atoms with Crippen LogP contribution in [-0.4, -0.2) is 27.8 Å².